The van der Waals surface area contributed by atoms with Gasteiger partial charge in [0.1, 0.15) is 10.7 Å². The first kappa shape index (κ1) is 15.5. The molecule has 6 heteroatoms. The third-order valence-electron chi connectivity index (χ3n) is 3.23. The molecule has 2 aromatic carbocycles. The second-order valence-corrected chi connectivity index (χ2v) is 6.48. The van der Waals surface area contributed by atoms with Gasteiger partial charge >= 0.3 is 0 Å². The van der Waals surface area contributed by atoms with Crippen molar-refractivity contribution in [2.45, 2.75) is 18.4 Å². The van der Waals surface area contributed by atoms with Crippen LogP contribution in [0.5, 0.6) is 0 Å². The summed E-state index contributed by atoms with van der Waals surface area (Å²) in [6.07, 6.45) is 0. The molecule has 0 atom stereocenters. The van der Waals surface area contributed by atoms with E-state index in [4.69, 9.17) is 0 Å². The Bertz CT molecular complexity index is 745. The first-order valence-electron chi connectivity index (χ1n) is 6.45. The van der Waals surface area contributed by atoms with E-state index < -0.39 is 10.0 Å². The van der Waals surface area contributed by atoms with E-state index in [2.05, 4.69) is 10.0 Å². The fraction of sp³-hybridized carbons (Fsp3) is 0.200. The van der Waals surface area contributed by atoms with E-state index >= 15 is 0 Å². The predicted molar refractivity (Wildman–Crippen MR) is 81.2 cm³/mol. The zero-order valence-electron chi connectivity index (χ0n) is 11.9. The van der Waals surface area contributed by atoms with Crippen LogP contribution in [0.4, 0.5) is 10.1 Å². The first-order valence-corrected chi connectivity index (χ1v) is 7.94. The SMILES string of the molecule is CNS(=O)(=O)c1ccccc1NCc1cc(F)ccc1C. The van der Waals surface area contributed by atoms with Crippen LogP contribution < -0.4 is 10.0 Å². The monoisotopic (exact) mass is 308 g/mol. The maximum absolute atomic E-state index is 13.3. The second kappa shape index (κ2) is 6.24. The van der Waals surface area contributed by atoms with Crippen molar-refractivity contribution in [3.8, 4) is 0 Å². The van der Waals surface area contributed by atoms with Gasteiger partial charge in [0.2, 0.25) is 10.0 Å². The lowest BCUT2D eigenvalue weighted by atomic mass is 10.1. The Hall–Kier alpha value is -1.92. The molecule has 2 rings (SSSR count). The smallest absolute Gasteiger partial charge is 0.242 e. The molecule has 2 N–H and O–H groups in total. The summed E-state index contributed by atoms with van der Waals surface area (Å²) in [5, 5.41) is 3.05. The number of benzene rings is 2. The first-order chi connectivity index (χ1) is 9.94. The quantitative estimate of drug-likeness (QED) is 0.893. The minimum atomic E-state index is -3.54. The van der Waals surface area contributed by atoms with Crippen LogP contribution in [0.3, 0.4) is 0 Å². The average Bonchev–Trinajstić information content (AvgIpc) is 2.48. The fourth-order valence-corrected chi connectivity index (χ4v) is 2.89. The summed E-state index contributed by atoms with van der Waals surface area (Å²) in [5.41, 5.74) is 2.21. The van der Waals surface area contributed by atoms with Crippen molar-refractivity contribution in [1.29, 1.82) is 0 Å². The van der Waals surface area contributed by atoms with Gasteiger partial charge < -0.3 is 5.32 Å². The van der Waals surface area contributed by atoms with Gasteiger partial charge in [-0.05, 0) is 49.4 Å². The normalized spacial score (nSPS) is 11.4. The van der Waals surface area contributed by atoms with Crippen LogP contribution in [0.15, 0.2) is 47.4 Å². The molecule has 0 saturated carbocycles. The standard InChI is InChI=1S/C15H17FN2O2S/c1-11-7-8-13(16)9-12(11)10-18-14-5-3-4-6-15(14)21(19,20)17-2/h3-9,17-18H,10H2,1-2H3. The van der Waals surface area contributed by atoms with Crippen molar-refractivity contribution in [3.63, 3.8) is 0 Å². The van der Waals surface area contributed by atoms with Crippen molar-refractivity contribution in [1.82, 2.24) is 4.72 Å². The topological polar surface area (TPSA) is 58.2 Å². The summed E-state index contributed by atoms with van der Waals surface area (Å²) in [7, 11) is -2.17. The highest BCUT2D eigenvalue weighted by atomic mass is 32.2. The molecule has 0 aliphatic carbocycles. The predicted octanol–water partition coefficient (Wildman–Crippen LogP) is 2.65. The number of para-hydroxylation sites is 1. The van der Waals surface area contributed by atoms with Crippen molar-refractivity contribution in [3.05, 3.63) is 59.4 Å². The molecule has 0 spiro atoms. The minimum absolute atomic E-state index is 0.168. The Kier molecular flexibility index (Phi) is 4.59. The molecule has 0 aliphatic heterocycles. The molecule has 0 aliphatic rings. The molecule has 21 heavy (non-hydrogen) atoms. The largest absolute Gasteiger partial charge is 0.380 e. The Morgan fingerprint density at radius 2 is 1.86 bits per heavy atom. The van der Waals surface area contributed by atoms with E-state index in [0.717, 1.165) is 11.1 Å². The maximum Gasteiger partial charge on any atom is 0.242 e. The summed E-state index contributed by atoms with van der Waals surface area (Å²) in [5.74, 6) is -0.312. The lowest BCUT2D eigenvalue weighted by molar-refractivity contribution is 0.588. The summed E-state index contributed by atoms with van der Waals surface area (Å²) < 4.78 is 39.4. The van der Waals surface area contributed by atoms with Crippen LogP contribution in [0.1, 0.15) is 11.1 Å². The molecule has 0 saturated heterocycles. The number of nitrogens with one attached hydrogen (secondary N) is 2. The van der Waals surface area contributed by atoms with Crippen LogP contribution in [0.25, 0.3) is 0 Å². The van der Waals surface area contributed by atoms with Gasteiger partial charge in [-0.3, -0.25) is 0 Å². The van der Waals surface area contributed by atoms with Crippen LogP contribution in [0.2, 0.25) is 0 Å². The van der Waals surface area contributed by atoms with Gasteiger partial charge in [0.15, 0.2) is 0 Å². The van der Waals surface area contributed by atoms with E-state index in [0.29, 0.717) is 12.2 Å². The number of aryl methyl sites for hydroxylation is 1. The highest BCUT2D eigenvalue weighted by molar-refractivity contribution is 7.89. The summed E-state index contributed by atoms with van der Waals surface area (Å²) in [6.45, 7) is 2.23. The molecule has 4 nitrogen and oxygen atoms in total. The maximum atomic E-state index is 13.3. The lowest BCUT2D eigenvalue weighted by Gasteiger charge is -2.13. The average molecular weight is 308 g/mol. The van der Waals surface area contributed by atoms with Crippen LogP contribution in [0, 0.1) is 12.7 Å². The van der Waals surface area contributed by atoms with Gasteiger partial charge in [0.05, 0.1) is 5.69 Å². The number of hydrogen-bond acceptors (Lipinski definition) is 3. The Morgan fingerprint density at radius 3 is 2.57 bits per heavy atom. The number of halogens is 1. The van der Waals surface area contributed by atoms with E-state index in [9.17, 15) is 12.8 Å². The van der Waals surface area contributed by atoms with Crippen LogP contribution in [-0.4, -0.2) is 15.5 Å². The van der Waals surface area contributed by atoms with Crippen molar-refractivity contribution >= 4 is 15.7 Å². The molecule has 0 bridgehead atoms. The third-order valence-corrected chi connectivity index (χ3v) is 4.70. The van der Waals surface area contributed by atoms with Gasteiger partial charge in [-0.25, -0.2) is 17.5 Å². The zero-order chi connectivity index (χ0) is 15.5. The van der Waals surface area contributed by atoms with Gasteiger partial charge in [-0.15, -0.1) is 0 Å². The summed E-state index contributed by atoms with van der Waals surface area (Å²) in [6, 6.07) is 11.1. The number of rotatable bonds is 5. The Balaban J connectivity index is 2.27. The molecule has 112 valence electrons. The van der Waals surface area contributed by atoms with E-state index in [1.807, 2.05) is 6.92 Å². The van der Waals surface area contributed by atoms with E-state index in [1.165, 1.54) is 25.2 Å². The van der Waals surface area contributed by atoms with Crippen molar-refractivity contribution in [2.24, 2.45) is 0 Å². The van der Waals surface area contributed by atoms with Gasteiger partial charge in [0, 0.05) is 6.54 Å². The molecule has 2 aromatic rings. The van der Waals surface area contributed by atoms with Crippen molar-refractivity contribution < 1.29 is 12.8 Å². The van der Waals surface area contributed by atoms with Gasteiger partial charge in [-0.2, -0.15) is 0 Å². The Morgan fingerprint density at radius 1 is 1.14 bits per heavy atom. The summed E-state index contributed by atoms with van der Waals surface area (Å²) in [4.78, 5) is 0.168. The molecule has 0 radical (unpaired) electrons. The van der Waals surface area contributed by atoms with Crippen molar-refractivity contribution in [2.75, 3.05) is 12.4 Å². The minimum Gasteiger partial charge on any atom is -0.380 e. The second-order valence-electron chi connectivity index (χ2n) is 4.63. The fourth-order valence-electron chi connectivity index (χ4n) is 1.98. The lowest BCUT2D eigenvalue weighted by Crippen LogP contribution is -2.20. The number of sulfonamides is 1. The van der Waals surface area contributed by atoms with E-state index in [-0.39, 0.29) is 10.7 Å². The molecule has 0 fully saturated rings. The van der Waals surface area contributed by atoms with Gasteiger partial charge in [-0.1, -0.05) is 18.2 Å². The zero-order valence-corrected chi connectivity index (χ0v) is 12.7. The highest BCUT2D eigenvalue weighted by Crippen LogP contribution is 2.21. The molecule has 0 amide bonds. The molecule has 0 unspecified atom stereocenters. The highest BCUT2D eigenvalue weighted by Gasteiger charge is 2.15. The van der Waals surface area contributed by atoms with Crippen LogP contribution in [-0.2, 0) is 16.6 Å². The molecule has 0 heterocycles. The third kappa shape index (κ3) is 3.59. The molecule has 0 aromatic heterocycles. The molecular formula is C15H17FN2O2S. The van der Waals surface area contributed by atoms with E-state index in [1.54, 1.807) is 24.3 Å². The van der Waals surface area contributed by atoms with Crippen LogP contribution >= 0.6 is 0 Å². The Labute approximate surface area is 124 Å². The van der Waals surface area contributed by atoms with Gasteiger partial charge in [0.25, 0.3) is 0 Å². The number of anilines is 1. The number of hydrogen-bond donors (Lipinski definition) is 2. The summed E-state index contributed by atoms with van der Waals surface area (Å²) >= 11 is 0. The molecular weight excluding hydrogens is 291 g/mol.